The Morgan fingerprint density at radius 3 is 1.94 bits per heavy atom. The van der Waals surface area contributed by atoms with Crippen LogP contribution in [0.1, 0.15) is 0 Å². The van der Waals surface area contributed by atoms with Crippen molar-refractivity contribution in [3.05, 3.63) is 39.3 Å². The number of benzene rings is 2. The molecule has 7 heteroatoms. The Labute approximate surface area is 113 Å². The average molecular weight is 312 g/mol. The summed E-state index contributed by atoms with van der Waals surface area (Å²) < 4.78 is 31.8. The van der Waals surface area contributed by atoms with Gasteiger partial charge in [-0.05, 0) is 0 Å². The highest BCUT2D eigenvalue weighted by molar-refractivity contribution is 7.86. The quantitative estimate of drug-likeness (QED) is 0.638. The third kappa shape index (κ3) is 2.11. The van der Waals surface area contributed by atoms with Gasteiger partial charge in [0.1, 0.15) is 4.90 Å². The van der Waals surface area contributed by atoms with Crippen molar-refractivity contribution in [1.29, 1.82) is 0 Å². The third-order valence-corrected chi connectivity index (χ3v) is 4.64. The van der Waals surface area contributed by atoms with Gasteiger partial charge in [-0.2, -0.15) is 8.42 Å². The molecule has 0 aliphatic rings. The highest BCUT2D eigenvalue weighted by atomic mass is 35.5. The summed E-state index contributed by atoms with van der Waals surface area (Å²) in [7, 11) is -4.47. The highest BCUT2D eigenvalue weighted by Crippen LogP contribution is 2.42. The molecule has 2 aromatic rings. The summed E-state index contributed by atoms with van der Waals surface area (Å²) in [6.07, 6.45) is 0. The Kier molecular flexibility index (Phi) is 3.27. The van der Waals surface area contributed by atoms with Crippen molar-refractivity contribution in [2.24, 2.45) is 0 Å². The predicted molar refractivity (Wildman–Crippen MR) is 68.8 cm³/mol. The molecular formula is C10H5Cl3O3S. The van der Waals surface area contributed by atoms with Crippen molar-refractivity contribution in [3.63, 3.8) is 0 Å². The van der Waals surface area contributed by atoms with E-state index >= 15 is 0 Å². The molecule has 90 valence electrons. The minimum atomic E-state index is -4.47. The molecule has 2 rings (SSSR count). The van der Waals surface area contributed by atoms with Gasteiger partial charge in [-0.25, -0.2) is 0 Å². The standard InChI is InChI=1S/C10H5Cl3O3S/c11-7-5-3-1-2-4-6(5)10(17(14,15)16)9(13)8(7)12/h1-4H,(H,14,15,16). The molecule has 2 aromatic carbocycles. The molecule has 0 aliphatic carbocycles. The molecule has 0 unspecified atom stereocenters. The van der Waals surface area contributed by atoms with Gasteiger partial charge < -0.3 is 0 Å². The molecule has 1 N–H and O–H groups in total. The lowest BCUT2D eigenvalue weighted by molar-refractivity contribution is 0.484. The van der Waals surface area contributed by atoms with Crippen molar-refractivity contribution >= 4 is 55.7 Å². The van der Waals surface area contributed by atoms with Crippen LogP contribution in [0.25, 0.3) is 10.8 Å². The van der Waals surface area contributed by atoms with Crippen molar-refractivity contribution in [3.8, 4) is 0 Å². The van der Waals surface area contributed by atoms with E-state index in [0.717, 1.165) is 0 Å². The van der Waals surface area contributed by atoms with Crippen LogP contribution >= 0.6 is 34.8 Å². The van der Waals surface area contributed by atoms with E-state index in [1.165, 1.54) is 6.07 Å². The third-order valence-electron chi connectivity index (χ3n) is 2.25. The van der Waals surface area contributed by atoms with Gasteiger partial charge >= 0.3 is 0 Å². The first-order valence-electron chi connectivity index (χ1n) is 4.36. The van der Waals surface area contributed by atoms with Crippen LogP contribution in [0.4, 0.5) is 0 Å². The van der Waals surface area contributed by atoms with E-state index in [0.29, 0.717) is 5.39 Å². The van der Waals surface area contributed by atoms with E-state index in [-0.39, 0.29) is 20.5 Å². The number of halogens is 3. The highest BCUT2D eigenvalue weighted by Gasteiger charge is 2.23. The molecule has 0 atom stereocenters. The van der Waals surface area contributed by atoms with Crippen LogP contribution in [-0.2, 0) is 10.1 Å². The van der Waals surface area contributed by atoms with Gasteiger partial charge in [0.25, 0.3) is 10.1 Å². The second kappa shape index (κ2) is 4.30. The summed E-state index contributed by atoms with van der Waals surface area (Å²) in [6.45, 7) is 0. The lowest BCUT2D eigenvalue weighted by Gasteiger charge is -2.10. The van der Waals surface area contributed by atoms with Crippen molar-refractivity contribution in [1.82, 2.24) is 0 Å². The minimum Gasteiger partial charge on any atom is -0.282 e. The van der Waals surface area contributed by atoms with Crippen LogP contribution in [-0.4, -0.2) is 13.0 Å². The van der Waals surface area contributed by atoms with E-state index in [9.17, 15) is 8.42 Å². The zero-order chi connectivity index (χ0) is 12.8. The topological polar surface area (TPSA) is 54.4 Å². The summed E-state index contributed by atoms with van der Waals surface area (Å²) in [6, 6.07) is 6.37. The van der Waals surface area contributed by atoms with E-state index in [1.807, 2.05) is 0 Å². The van der Waals surface area contributed by atoms with E-state index in [4.69, 9.17) is 39.4 Å². The van der Waals surface area contributed by atoms with Crippen molar-refractivity contribution in [2.45, 2.75) is 4.90 Å². The number of hydrogen-bond donors (Lipinski definition) is 1. The van der Waals surface area contributed by atoms with E-state index < -0.39 is 15.0 Å². The maximum Gasteiger partial charge on any atom is 0.296 e. The number of rotatable bonds is 1. The first-order chi connectivity index (χ1) is 7.84. The van der Waals surface area contributed by atoms with Crippen molar-refractivity contribution < 1.29 is 13.0 Å². The van der Waals surface area contributed by atoms with Crippen LogP contribution in [0.3, 0.4) is 0 Å². The van der Waals surface area contributed by atoms with Crippen LogP contribution in [0.15, 0.2) is 29.2 Å². The normalized spacial score (nSPS) is 12.0. The monoisotopic (exact) mass is 310 g/mol. The Morgan fingerprint density at radius 2 is 1.41 bits per heavy atom. The summed E-state index contributed by atoms with van der Waals surface area (Å²) in [5.41, 5.74) is 0. The fraction of sp³-hybridized carbons (Fsp3) is 0. The Hall–Kier alpha value is -0.520. The van der Waals surface area contributed by atoms with Gasteiger partial charge in [-0.1, -0.05) is 59.1 Å². The first-order valence-corrected chi connectivity index (χ1v) is 6.94. The number of fused-ring (bicyclic) bond motifs is 1. The summed E-state index contributed by atoms with van der Waals surface area (Å²) in [5, 5.41) is 0.419. The summed E-state index contributed by atoms with van der Waals surface area (Å²) in [4.78, 5) is -0.427. The average Bonchev–Trinajstić information content (AvgIpc) is 2.24. The Balaban J connectivity index is 3.12. The van der Waals surface area contributed by atoms with Crippen molar-refractivity contribution in [2.75, 3.05) is 0 Å². The van der Waals surface area contributed by atoms with Gasteiger partial charge in [0.15, 0.2) is 0 Å². The largest absolute Gasteiger partial charge is 0.296 e. The SMILES string of the molecule is O=S(=O)(O)c1c(Cl)c(Cl)c(Cl)c2ccccc12. The molecule has 0 radical (unpaired) electrons. The van der Waals surface area contributed by atoms with E-state index in [1.54, 1.807) is 18.2 Å². The van der Waals surface area contributed by atoms with Gasteiger partial charge in [0.2, 0.25) is 0 Å². The molecule has 0 bridgehead atoms. The maximum absolute atomic E-state index is 11.3. The molecular weight excluding hydrogens is 307 g/mol. The lowest BCUT2D eigenvalue weighted by atomic mass is 10.1. The summed E-state index contributed by atoms with van der Waals surface area (Å²) >= 11 is 17.6. The number of hydrogen-bond acceptors (Lipinski definition) is 2. The molecule has 0 spiro atoms. The smallest absolute Gasteiger partial charge is 0.282 e. The van der Waals surface area contributed by atoms with Crippen LogP contribution in [0.5, 0.6) is 0 Å². The molecule has 0 saturated heterocycles. The van der Waals surface area contributed by atoms with Gasteiger partial charge in [0, 0.05) is 10.8 Å². The molecule has 0 saturated carbocycles. The first kappa shape index (κ1) is 12.9. The van der Waals surface area contributed by atoms with E-state index in [2.05, 4.69) is 0 Å². The minimum absolute atomic E-state index is 0.0975. The Bertz CT molecular complexity index is 710. The summed E-state index contributed by atoms with van der Waals surface area (Å²) in [5.74, 6) is 0. The Morgan fingerprint density at radius 1 is 0.882 bits per heavy atom. The zero-order valence-electron chi connectivity index (χ0n) is 8.12. The van der Waals surface area contributed by atoms with Crippen LogP contribution in [0.2, 0.25) is 15.1 Å². The van der Waals surface area contributed by atoms with Gasteiger partial charge in [-0.3, -0.25) is 4.55 Å². The molecule has 17 heavy (non-hydrogen) atoms. The van der Waals surface area contributed by atoms with Crippen LogP contribution < -0.4 is 0 Å². The van der Waals surface area contributed by atoms with Crippen LogP contribution in [0, 0.1) is 0 Å². The maximum atomic E-state index is 11.3. The molecule has 0 aliphatic heterocycles. The molecule has 0 heterocycles. The second-order valence-electron chi connectivity index (χ2n) is 3.29. The molecule has 0 aromatic heterocycles. The molecule has 3 nitrogen and oxygen atoms in total. The zero-order valence-corrected chi connectivity index (χ0v) is 11.2. The predicted octanol–water partition coefficient (Wildman–Crippen LogP) is 4.05. The second-order valence-corrected chi connectivity index (χ2v) is 5.78. The lowest BCUT2D eigenvalue weighted by Crippen LogP contribution is -2.01. The van der Waals surface area contributed by atoms with Gasteiger partial charge in [-0.15, -0.1) is 0 Å². The fourth-order valence-corrected chi connectivity index (χ4v) is 3.39. The van der Waals surface area contributed by atoms with Gasteiger partial charge in [0.05, 0.1) is 15.1 Å². The fourth-order valence-electron chi connectivity index (χ4n) is 1.56. The molecule has 0 amide bonds. The molecule has 0 fully saturated rings.